The first kappa shape index (κ1) is 27.4. The summed E-state index contributed by atoms with van der Waals surface area (Å²) < 4.78 is 20.6. The second kappa shape index (κ2) is 11.7. The van der Waals surface area contributed by atoms with Crippen LogP contribution in [0.4, 0.5) is 16.2 Å². The zero-order valence-corrected chi connectivity index (χ0v) is 21.2. The van der Waals surface area contributed by atoms with Crippen LogP contribution in [0.1, 0.15) is 27.2 Å². The highest BCUT2D eigenvalue weighted by Crippen LogP contribution is 2.27. The molecule has 0 saturated carbocycles. The molecule has 0 aromatic heterocycles. The van der Waals surface area contributed by atoms with E-state index < -0.39 is 29.7 Å². The molecule has 198 valence electrons. The summed E-state index contributed by atoms with van der Waals surface area (Å²) in [5.74, 6) is -1.28. The van der Waals surface area contributed by atoms with Crippen LogP contribution in [0.3, 0.4) is 0 Å². The van der Waals surface area contributed by atoms with Crippen LogP contribution in [0.2, 0.25) is 0 Å². The first-order valence-corrected chi connectivity index (χ1v) is 11.6. The maximum atomic E-state index is 13.7. The second-order valence-electron chi connectivity index (χ2n) is 9.38. The molecule has 0 bridgehead atoms. The number of ether oxygens (including phenoxy) is 4. The summed E-state index contributed by atoms with van der Waals surface area (Å²) in [5, 5.41) is 1.22. The van der Waals surface area contributed by atoms with Gasteiger partial charge in [0.15, 0.2) is 0 Å². The molecule has 0 radical (unpaired) electrons. The van der Waals surface area contributed by atoms with E-state index in [0.29, 0.717) is 24.5 Å². The number of hydroxylamine groups is 2. The molecule has 1 aromatic carbocycles. The standard InChI is InChI=1S/C24H33N3O9/c1-24(2,3)35-23(31)36-27-13-18(32-4)12-19(27)22(30)26(14-21(29)33-5)17-8-6-16(7-9-17)25-10-11-34-15-20(25)28/h6-9,18-19H,10-15H2,1-5H3/t18-,19-/m1/s1. The summed E-state index contributed by atoms with van der Waals surface area (Å²) in [4.78, 5) is 58.5. The predicted octanol–water partition coefficient (Wildman–Crippen LogP) is 1.51. The van der Waals surface area contributed by atoms with E-state index in [0.717, 1.165) is 0 Å². The molecule has 2 atom stereocenters. The summed E-state index contributed by atoms with van der Waals surface area (Å²) in [5.41, 5.74) is 0.276. The van der Waals surface area contributed by atoms with Gasteiger partial charge in [0.05, 0.1) is 26.4 Å². The molecule has 2 aliphatic rings. The molecule has 12 nitrogen and oxygen atoms in total. The van der Waals surface area contributed by atoms with Crippen LogP contribution in [0.15, 0.2) is 24.3 Å². The van der Waals surface area contributed by atoms with Gasteiger partial charge in [-0.25, -0.2) is 4.79 Å². The Morgan fingerprint density at radius 3 is 2.42 bits per heavy atom. The lowest BCUT2D eigenvalue weighted by Crippen LogP contribution is -2.48. The highest BCUT2D eigenvalue weighted by Gasteiger charge is 2.43. The zero-order valence-electron chi connectivity index (χ0n) is 21.2. The van der Waals surface area contributed by atoms with Gasteiger partial charge in [-0.1, -0.05) is 0 Å². The number of hydrogen-bond donors (Lipinski definition) is 0. The number of carbonyl (C=O) groups excluding carboxylic acids is 4. The first-order valence-electron chi connectivity index (χ1n) is 11.6. The molecule has 0 aliphatic carbocycles. The van der Waals surface area contributed by atoms with E-state index >= 15 is 0 Å². The van der Waals surface area contributed by atoms with Crippen molar-refractivity contribution in [2.24, 2.45) is 0 Å². The minimum Gasteiger partial charge on any atom is -0.468 e. The summed E-state index contributed by atoms with van der Waals surface area (Å²) in [6.07, 6.45) is -1.09. The van der Waals surface area contributed by atoms with E-state index in [2.05, 4.69) is 0 Å². The number of anilines is 2. The van der Waals surface area contributed by atoms with Crippen LogP contribution in [0.5, 0.6) is 0 Å². The van der Waals surface area contributed by atoms with E-state index in [-0.39, 0.29) is 38.1 Å². The van der Waals surface area contributed by atoms with E-state index in [1.807, 2.05) is 0 Å². The molecule has 2 heterocycles. The Hall–Kier alpha value is -3.22. The molecule has 2 fully saturated rings. The van der Waals surface area contributed by atoms with Crippen molar-refractivity contribution < 1.29 is 43.0 Å². The van der Waals surface area contributed by atoms with E-state index in [1.165, 1.54) is 24.2 Å². The molecule has 0 unspecified atom stereocenters. The van der Waals surface area contributed by atoms with Crippen molar-refractivity contribution in [3.8, 4) is 0 Å². The van der Waals surface area contributed by atoms with E-state index in [4.69, 9.17) is 23.8 Å². The third kappa shape index (κ3) is 6.93. The van der Waals surface area contributed by atoms with Crippen LogP contribution < -0.4 is 9.80 Å². The van der Waals surface area contributed by atoms with Gasteiger partial charge in [0.2, 0.25) is 5.91 Å². The second-order valence-corrected chi connectivity index (χ2v) is 9.38. The van der Waals surface area contributed by atoms with Crippen molar-refractivity contribution in [3.63, 3.8) is 0 Å². The number of amides is 2. The topological polar surface area (TPSA) is 124 Å². The Balaban J connectivity index is 1.83. The van der Waals surface area contributed by atoms with Crippen LogP contribution in [0.25, 0.3) is 0 Å². The number of benzene rings is 1. The number of carbonyl (C=O) groups is 4. The van der Waals surface area contributed by atoms with Crippen LogP contribution in [0, 0.1) is 0 Å². The Bertz CT molecular complexity index is 961. The zero-order chi connectivity index (χ0) is 26.5. The fraction of sp³-hybridized carbons (Fsp3) is 0.583. The molecular formula is C24H33N3O9. The van der Waals surface area contributed by atoms with Gasteiger partial charge in [-0.3, -0.25) is 19.3 Å². The van der Waals surface area contributed by atoms with Crippen molar-refractivity contribution in [2.45, 2.75) is 44.9 Å². The third-order valence-corrected chi connectivity index (χ3v) is 5.66. The van der Waals surface area contributed by atoms with Crippen molar-refractivity contribution in [1.82, 2.24) is 5.06 Å². The summed E-state index contributed by atoms with van der Waals surface area (Å²) >= 11 is 0. The lowest BCUT2D eigenvalue weighted by atomic mass is 10.1. The van der Waals surface area contributed by atoms with Gasteiger partial charge in [-0.05, 0) is 45.0 Å². The van der Waals surface area contributed by atoms with Gasteiger partial charge < -0.3 is 28.7 Å². The SMILES string of the molecule is COC(=O)CN(C(=O)[C@H]1C[C@@H](OC)CN1OC(=O)OC(C)(C)C)c1ccc(N2CCOCC2=O)cc1. The van der Waals surface area contributed by atoms with Gasteiger partial charge in [0.1, 0.15) is 24.8 Å². The highest BCUT2D eigenvalue weighted by atomic mass is 16.8. The van der Waals surface area contributed by atoms with E-state index in [1.54, 1.807) is 49.9 Å². The Morgan fingerprint density at radius 1 is 1.14 bits per heavy atom. The molecule has 2 saturated heterocycles. The lowest BCUT2D eigenvalue weighted by Gasteiger charge is -2.30. The van der Waals surface area contributed by atoms with Crippen molar-refractivity contribution in [3.05, 3.63) is 24.3 Å². The number of methoxy groups -OCH3 is 2. The van der Waals surface area contributed by atoms with Gasteiger partial charge >= 0.3 is 12.1 Å². The quantitative estimate of drug-likeness (QED) is 0.502. The molecule has 3 rings (SSSR count). The van der Waals surface area contributed by atoms with Gasteiger partial charge in [0, 0.05) is 31.5 Å². The number of morpholine rings is 1. The molecule has 0 N–H and O–H groups in total. The Kier molecular flexibility index (Phi) is 8.88. The monoisotopic (exact) mass is 507 g/mol. The van der Waals surface area contributed by atoms with Gasteiger partial charge in [-0.15, -0.1) is 5.06 Å². The number of esters is 1. The average molecular weight is 508 g/mol. The summed E-state index contributed by atoms with van der Waals surface area (Å²) in [7, 11) is 2.73. The third-order valence-electron chi connectivity index (χ3n) is 5.66. The van der Waals surface area contributed by atoms with Gasteiger partial charge in [-0.2, -0.15) is 0 Å². The maximum Gasteiger partial charge on any atom is 0.528 e. The molecule has 1 aromatic rings. The van der Waals surface area contributed by atoms with Crippen molar-refractivity contribution >= 4 is 35.3 Å². The predicted molar refractivity (Wildman–Crippen MR) is 127 cm³/mol. The molecular weight excluding hydrogens is 474 g/mol. The van der Waals surface area contributed by atoms with Crippen molar-refractivity contribution in [2.75, 3.05) is 56.9 Å². The van der Waals surface area contributed by atoms with Crippen LogP contribution in [-0.4, -0.2) is 93.8 Å². The smallest absolute Gasteiger partial charge is 0.468 e. The highest BCUT2D eigenvalue weighted by molar-refractivity contribution is 6.01. The minimum absolute atomic E-state index is 0.00450. The Labute approximate surface area is 209 Å². The molecule has 0 spiro atoms. The first-order chi connectivity index (χ1) is 17.0. The van der Waals surface area contributed by atoms with Gasteiger partial charge in [0.25, 0.3) is 5.91 Å². The largest absolute Gasteiger partial charge is 0.528 e. The minimum atomic E-state index is -0.948. The van der Waals surface area contributed by atoms with E-state index in [9.17, 15) is 19.2 Å². The molecule has 36 heavy (non-hydrogen) atoms. The van der Waals surface area contributed by atoms with Crippen LogP contribution in [-0.2, 0) is 38.2 Å². The summed E-state index contributed by atoms with van der Waals surface area (Å²) in [6, 6.07) is 5.74. The maximum absolute atomic E-state index is 13.7. The fourth-order valence-electron chi connectivity index (χ4n) is 3.90. The fourth-order valence-corrected chi connectivity index (χ4v) is 3.90. The molecule has 2 aliphatic heterocycles. The normalized spacial score (nSPS) is 20.7. The van der Waals surface area contributed by atoms with Crippen molar-refractivity contribution in [1.29, 1.82) is 0 Å². The number of hydrogen-bond acceptors (Lipinski definition) is 10. The Morgan fingerprint density at radius 2 is 1.83 bits per heavy atom. The number of nitrogens with zero attached hydrogens (tertiary/aromatic N) is 3. The number of rotatable bonds is 7. The molecule has 12 heteroatoms. The van der Waals surface area contributed by atoms with Crippen LogP contribution >= 0.6 is 0 Å². The summed E-state index contributed by atoms with van der Waals surface area (Å²) in [6.45, 7) is 5.73. The average Bonchev–Trinajstić information content (AvgIpc) is 3.24. The molecule has 2 amide bonds. The lowest BCUT2D eigenvalue weighted by molar-refractivity contribution is -0.163.